The molecule has 0 N–H and O–H groups in total. The number of carbonyl (C=O) groups is 2. The van der Waals surface area contributed by atoms with E-state index in [1.165, 1.54) is 11.6 Å². The van der Waals surface area contributed by atoms with Crippen LogP contribution in [0.5, 0.6) is 11.5 Å². The van der Waals surface area contributed by atoms with E-state index in [1.54, 1.807) is 32.0 Å². The van der Waals surface area contributed by atoms with Crippen molar-refractivity contribution in [1.29, 1.82) is 0 Å². The number of hydrogen-bond donors (Lipinski definition) is 0. The van der Waals surface area contributed by atoms with Gasteiger partial charge in [-0.2, -0.15) is 0 Å². The van der Waals surface area contributed by atoms with Gasteiger partial charge in [0.1, 0.15) is 11.5 Å². The number of ether oxygens (including phenoxy) is 3. The van der Waals surface area contributed by atoms with Crippen molar-refractivity contribution < 1.29 is 23.8 Å². The second-order valence-corrected chi connectivity index (χ2v) is 7.51. The minimum absolute atomic E-state index is 0.0964. The molecule has 0 aliphatic heterocycles. The Bertz CT molecular complexity index is 806. The molecule has 0 saturated carbocycles. The number of carbonyl (C=O) groups excluding carboxylic acids is 2. The smallest absolute Gasteiger partial charge is 0.349 e. The summed E-state index contributed by atoms with van der Waals surface area (Å²) in [5.41, 5.74) is 1.64. The summed E-state index contributed by atoms with van der Waals surface area (Å²) < 4.78 is 15.9. The summed E-state index contributed by atoms with van der Waals surface area (Å²) in [6, 6.07) is 14.0. The van der Waals surface area contributed by atoms with Crippen LogP contribution in [0.1, 0.15) is 57.0 Å². The first kappa shape index (κ1) is 21.5. The molecular weight excluding hydrogens is 356 g/mol. The van der Waals surface area contributed by atoms with Gasteiger partial charge in [-0.25, -0.2) is 9.59 Å². The number of benzene rings is 2. The molecule has 5 nitrogen and oxygen atoms in total. The average molecular weight is 384 g/mol. The fraction of sp³-hybridized carbons (Fsp3) is 0.391. The van der Waals surface area contributed by atoms with Gasteiger partial charge in [-0.3, -0.25) is 0 Å². The Balaban J connectivity index is 1.91. The number of hydrogen-bond acceptors (Lipinski definition) is 5. The van der Waals surface area contributed by atoms with Crippen molar-refractivity contribution in [3.05, 3.63) is 59.7 Å². The van der Waals surface area contributed by atoms with Gasteiger partial charge in [0.2, 0.25) is 0 Å². The van der Waals surface area contributed by atoms with Gasteiger partial charge in [-0.15, -0.1) is 0 Å². The van der Waals surface area contributed by atoms with Crippen LogP contribution in [0.25, 0.3) is 0 Å². The molecule has 0 atom stereocenters. The summed E-state index contributed by atoms with van der Waals surface area (Å²) >= 11 is 0. The Morgan fingerprint density at radius 1 is 1.00 bits per heavy atom. The summed E-state index contributed by atoms with van der Waals surface area (Å²) in [6.45, 7) is 9.84. The largest absolute Gasteiger partial charge is 0.482 e. The predicted molar refractivity (Wildman–Crippen MR) is 108 cm³/mol. The van der Waals surface area contributed by atoms with E-state index >= 15 is 0 Å². The molecular formula is C23H28O5. The van der Waals surface area contributed by atoms with Crippen LogP contribution in [0, 0.1) is 0 Å². The van der Waals surface area contributed by atoms with Crippen LogP contribution < -0.4 is 9.47 Å². The van der Waals surface area contributed by atoms with Gasteiger partial charge < -0.3 is 14.2 Å². The number of rotatable bonds is 8. The third-order valence-corrected chi connectivity index (χ3v) is 4.52. The Kier molecular flexibility index (Phi) is 7.21. The fourth-order valence-corrected chi connectivity index (χ4v) is 2.48. The van der Waals surface area contributed by atoms with Gasteiger partial charge in [-0.05, 0) is 61.6 Å². The highest BCUT2D eigenvalue weighted by molar-refractivity contribution is 5.90. The molecule has 2 aromatic carbocycles. The van der Waals surface area contributed by atoms with Gasteiger partial charge in [0, 0.05) is 0 Å². The summed E-state index contributed by atoms with van der Waals surface area (Å²) in [7, 11) is 0. The first-order chi connectivity index (χ1) is 13.2. The predicted octanol–water partition coefficient (Wildman–Crippen LogP) is 4.92. The zero-order valence-corrected chi connectivity index (χ0v) is 17.2. The maximum atomic E-state index is 12.1. The molecule has 0 fully saturated rings. The number of esters is 2. The molecule has 0 amide bonds. The Morgan fingerprint density at radius 3 is 2.29 bits per heavy atom. The van der Waals surface area contributed by atoms with Crippen molar-refractivity contribution in [3.63, 3.8) is 0 Å². The standard InChI is InChI=1S/C23H28O5/c1-6-23(4,5)18-10-12-19(13-11-18)26-15-21(24)28-20-9-7-8-17(14-20)22(25)27-16(2)3/h7-14,16H,6,15H2,1-5H3. The molecule has 0 radical (unpaired) electrons. The third-order valence-electron chi connectivity index (χ3n) is 4.52. The molecule has 0 saturated heterocycles. The van der Waals surface area contributed by atoms with E-state index in [0.717, 1.165) is 6.42 Å². The molecule has 0 aromatic heterocycles. The molecule has 0 heterocycles. The van der Waals surface area contributed by atoms with E-state index < -0.39 is 11.9 Å². The average Bonchev–Trinajstić information content (AvgIpc) is 2.66. The highest BCUT2D eigenvalue weighted by Crippen LogP contribution is 2.28. The summed E-state index contributed by atoms with van der Waals surface area (Å²) in [4.78, 5) is 24.0. The summed E-state index contributed by atoms with van der Waals surface area (Å²) in [6.07, 6.45) is 0.810. The first-order valence-corrected chi connectivity index (χ1v) is 9.46. The van der Waals surface area contributed by atoms with E-state index in [-0.39, 0.29) is 23.9 Å². The second-order valence-electron chi connectivity index (χ2n) is 7.51. The quantitative estimate of drug-likeness (QED) is 0.477. The van der Waals surface area contributed by atoms with Crippen LogP contribution in [0.4, 0.5) is 0 Å². The summed E-state index contributed by atoms with van der Waals surface area (Å²) in [5.74, 6) is -0.139. The van der Waals surface area contributed by atoms with Gasteiger partial charge in [0.15, 0.2) is 6.61 Å². The Hall–Kier alpha value is -2.82. The maximum Gasteiger partial charge on any atom is 0.349 e. The normalized spacial score (nSPS) is 11.2. The molecule has 2 aromatic rings. The molecule has 0 unspecified atom stereocenters. The van der Waals surface area contributed by atoms with E-state index in [4.69, 9.17) is 14.2 Å². The van der Waals surface area contributed by atoms with Gasteiger partial charge in [0.25, 0.3) is 0 Å². The first-order valence-electron chi connectivity index (χ1n) is 9.46. The van der Waals surface area contributed by atoms with Crippen LogP contribution in [0.2, 0.25) is 0 Å². The topological polar surface area (TPSA) is 61.8 Å². The third kappa shape index (κ3) is 6.12. The van der Waals surface area contributed by atoms with Crippen molar-refractivity contribution in [2.24, 2.45) is 0 Å². The lowest BCUT2D eigenvalue weighted by atomic mass is 9.82. The minimum atomic E-state index is -0.549. The van der Waals surface area contributed by atoms with Crippen molar-refractivity contribution in [1.82, 2.24) is 0 Å². The van der Waals surface area contributed by atoms with Crippen molar-refractivity contribution in [3.8, 4) is 11.5 Å². The zero-order valence-electron chi connectivity index (χ0n) is 17.2. The lowest BCUT2D eigenvalue weighted by Gasteiger charge is -2.23. The monoisotopic (exact) mass is 384 g/mol. The van der Waals surface area contributed by atoms with E-state index in [0.29, 0.717) is 11.3 Å². The van der Waals surface area contributed by atoms with E-state index in [1.807, 2.05) is 24.3 Å². The van der Waals surface area contributed by atoms with Crippen LogP contribution in [0.15, 0.2) is 48.5 Å². The Morgan fingerprint density at radius 2 is 1.68 bits per heavy atom. The molecule has 0 bridgehead atoms. The van der Waals surface area contributed by atoms with Crippen molar-refractivity contribution >= 4 is 11.9 Å². The summed E-state index contributed by atoms with van der Waals surface area (Å²) in [5, 5.41) is 0. The van der Waals surface area contributed by atoms with Crippen LogP contribution >= 0.6 is 0 Å². The van der Waals surface area contributed by atoms with Crippen LogP contribution in [0.3, 0.4) is 0 Å². The van der Waals surface area contributed by atoms with E-state index in [9.17, 15) is 9.59 Å². The van der Waals surface area contributed by atoms with Crippen LogP contribution in [-0.4, -0.2) is 24.6 Å². The lowest BCUT2D eigenvalue weighted by molar-refractivity contribution is -0.136. The second kappa shape index (κ2) is 9.40. The van der Waals surface area contributed by atoms with Crippen LogP contribution in [-0.2, 0) is 14.9 Å². The fourth-order valence-electron chi connectivity index (χ4n) is 2.48. The molecule has 5 heteroatoms. The highest BCUT2D eigenvalue weighted by atomic mass is 16.6. The SMILES string of the molecule is CCC(C)(C)c1ccc(OCC(=O)Oc2cccc(C(=O)OC(C)C)c2)cc1. The maximum absolute atomic E-state index is 12.1. The molecule has 0 spiro atoms. The molecule has 0 aliphatic carbocycles. The minimum Gasteiger partial charge on any atom is -0.482 e. The van der Waals surface area contributed by atoms with Gasteiger partial charge in [0.05, 0.1) is 11.7 Å². The van der Waals surface area contributed by atoms with E-state index in [2.05, 4.69) is 20.8 Å². The molecule has 2 rings (SSSR count). The van der Waals surface area contributed by atoms with Crippen molar-refractivity contribution in [2.45, 2.75) is 52.6 Å². The van der Waals surface area contributed by atoms with Gasteiger partial charge in [-0.1, -0.05) is 39.0 Å². The molecule has 28 heavy (non-hydrogen) atoms. The van der Waals surface area contributed by atoms with Crippen molar-refractivity contribution in [2.75, 3.05) is 6.61 Å². The highest BCUT2D eigenvalue weighted by Gasteiger charge is 2.18. The Labute approximate surface area is 166 Å². The van der Waals surface area contributed by atoms with Gasteiger partial charge >= 0.3 is 11.9 Å². The molecule has 0 aliphatic rings. The lowest BCUT2D eigenvalue weighted by Crippen LogP contribution is -2.18. The molecule has 150 valence electrons. The zero-order chi connectivity index (χ0) is 20.7.